The summed E-state index contributed by atoms with van der Waals surface area (Å²) in [7, 11) is 0. The molecule has 3 nitrogen and oxygen atoms in total. The fourth-order valence-corrected chi connectivity index (χ4v) is 0.801. The quantitative estimate of drug-likeness (QED) is 0.338. The molecule has 0 aliphatic rings. The molecule has 0 saturated carbocycles. The third-order valence-corrected chi connectivity index (χ3v) is 1.43. The summed E-state index contributed by atoms with van der Waals surface area (Å²) in [6, 6.07) is 0. The van der Waals surface area contributed by atoms with Crippen molar-refractivity contribution in [1.82, 2.24) is 0 Å². The predicted octanol–water partition coefficient (Wildman–Crippen LogP) is 1.38. The Kier molecular flexibility index (Phi) is 14.3. The zero-order valence-electron chi connectivity index (χ0n) is 8.97. The number of carbonyl (C=O) groups excluding carboxylic acids is 1. The molecule has 0 aromatic rings. The van der Waals surface area contributed by atoms with E-state index in [-0.39, 0.29) is 24.8 Å². The van der Waals surface area contributed by atoms with Crippen LogP contribution in [0.1, 0.15) is 33.1 Å². The van der Waals surface area contributed by atoms with E-state index in [0.29, 0.717) is 13.2 Å². The molecule has 1 radical (unpaired) electrons. The smallest absolute Gasteiger partial charge is 0.302 e. The first-order valence-electron chi connectivity index (χ1n) is 4.48. The molecule has 0 aromatic heterocycles. The average molecular weight is 181 g/mol. The van der Waals surface area contributed by atoms with Crippen LogP contribution in [0.3, 0.4) is 0 Å². The molecule has 4 heteroatoms. The summed E-state index contributed by atoms with van der Waals surface area (Å²) in [6.07, 6.45) is 3.50. The van der Waals surface area contributed by atoms with Crippen molar-refractivity contribution in [3.63, 3.8) is 0 Å². The van der Waals surface area contributed by atoms with Gasteiger partial charge in [0.25, 0.3) is 0 Å². The SMILES string of the molecule is CCCCCOCCOC(C)=O.[Li]. The maximum absolute atomic E-state index is 10.3. The topological polar surface area (TPSA) is 35.5 Å². The van der Waals surface area contributed by atoms with E-state index >= 15 is 0 Å². The molecule has 0 saturated heterocycles. The van der Waals surface area contributed by atoms with Crippen LogP contribution in [0, 0.1) is 0 Å². The van der Waals surface area contributed by atoms with Crippen molar-refractivity contribution in [2.75, 3.05) is 19.8 Å². The van der Waals surface area contributed by atoms with Gasteiger partial charge in [-0.2, -0.15) is 0 Å². The van der Waals surface area contributed by atoms with E-state index in [2.05, 4.69) is 11.7 Å². The minimum absolute atomic E-state index is 0. The van der Waals surface area contributed by atoms with Crippen LogP contribution in [0.2, 0.25) is 0 Å². The van der Waals surface area contributed by atoms with Crippen LogP contribution in [0.5, 0.6) is 0 Å². The fraction of sp³-hybridized carbons (Fsp3) is 0.889. The van der Waals surface area contributed by atoms with Crippen LogP contribution < -0.4 is 0 Å². The molecule has 0 bridgehead atoms. The molecule has 13 heavy (non-hydrogen) atoms. The van der Waals surface area contributed by atoms with Gasteiger partial charge in [-0.25, -0.2) is 0 Å². The number of rotatable bonds is 7. The second-order valence-corrected chi connectivity index (χ2v) is 2.66. The van der Waals surface area contributed by atoms with Crippen LogP contribution in [-0.4, -0.2) is 44.7 Å². The number of unbranched alkanes of at least 4 members (excludes halogenated alkanes) is 2. The van der Waals surface area contributed by atoms with Crippen LogP contribution in [-0.2, 0) is 14.3 Å². The van der Waals surface area contributed by atoms with Gasteiger partial charge in [-0.3, -0.25) is 4.79 Å². The van der Waals surface area contributed by atoms with Gasteiger partial charge in [-0.15, -0.1) is 0 Å². The van der Waals surface area contributed by atoms with Crippen molar-refractivity contribution in [1.29, 1.82) is 0 Å². The second-order valence-electron chi connectivity index (χ2n) is 2.66. The number of hydrogen-bond donors (Lipinski definition) is 0. The van der Waals surface area contributed by atoms with Crippen LogP contribution in [0.15, 0.2) is 0 Å². The minimum atomic E-state index is -0.243. The van der Waals surface area contributed by atoms with Gasteiger partial charge in [0.1, 0.15) is 6.61 Å². The van der Waals surface area contributed by atoms with E-state index in [4.69, 9.17) is 4.74 Å². The number of ether oxygens (including phenoxy) is 2. The van der Waals surface area contributed by atoms with Crippen molar-refractivity contribution in [3.8, 4) is 0 Å². The van der Waals surface area contributed by atoms with Crippen molar-refractivity contribution in [3.05, 3.63) is 0 Å². The molecule has 0 rings (SSSR count). The standard InChI is InChI=1S/C9H18O3.Li/c1-3-4-5-6-11-7-8-12-9(2)10;/h3-8H2,1-2H3;. The Morgan fingerprint density at radius 2 is 1.85 bits per heavy atom. The molecule has 0 heterocycles. The van der Waals surface area contributed by atoms with E-state index in [1.807, 2.05) is 0 Å². The molecule has 0 N–H and O–H groups in total. The van der Waals surface area contributed by atoms with Gasteiger partial charge in [0.15, 0.2) is 0 Å². The van der Waals surface area contributed by atoms with E-state index < -0.39 is 0 Å². The van der Waals surface area contributed by atoms with Gasteiger partial charge in [0.2, 0.25) is 0 Å². The van der Waals surface area contributed by atoms with Crippen molar-refractivity contribution >= 4 is 24.8 Å². The summed E-state index contributed by atoms with van der Waals surface area (Å²) in [5, 5.41) is 0. The Hall–Kier alpha value is 0.0274. The maximum atomic E-state index is 10.3. The summed E-state index contributed by atoms with van der Waals surface area (Å²) in [5.41, 5.74) is 0. The van der Waals surface area contributed by atoms with Gasteiger partial charge in [0, 0.05) is 32.4 Å². The molecule has 0 amide bonds. The van der Waals surface area contributed by atoms with Gasteiger partial charge in [0.05, 0.1) is 6.61 Å². The minimum Gasteiger partial charge on any atom is -0.463 e. The molecule has 0 aliphatic heterocycles. The van der Waals surface area contributed by atoms with Crippen molar-refractivity contribution in [2.24, 2.45) is 0 Å². The molecular formula is C9H18LiO3. The zero-order valence-corrected chi connectivity index (χ0v) is 8.97. The first-order valence-corrected chi connectivity index (χ1v) is 4.48. The monoisotopic (exact) mass is 181 g/mol. The van der Waals surface area contributed by atoms with E-state index in [1.165, 1.54) is 19.8 Å². The Bertz CT molecular complexity index is 117. The summed E-state index contributed by atoms with van der Waals surface area (Å²) in [4.78, 5) is 10.3. The van der Waals surface area contributed by atoms with Gasteiger partial charge in [-0.1, -0.05) is 19.8 Å². The van der Waals surface area contributed by atoms with Crippen molar-refractivity contribution < 1.29 is 14.3 Å². The molecule has 0 aromatic carbocycles. The Morgan fingerprint density at radius 1 is 1.15 bits per heavy atom. The van der Waals surface area contributed by atoms with Crippen molar-refractivity contribution in [2.45, 2.75) is 33.1 Å². The van der Waals surface area contributed by atoms with Gasteiger partial charge in [-0.05, 0) is 6.42 Å². The first kappa shape index (κ1) is 15.5. The van der Waals surface area contributed by atoms with E-state index in [0.717, 1.165) is 13.0 Å². The Balaban J connectivity index is 0. The predicted molar refractivity (Wildman–Crippen MR) is 52.7 cm³/mol. The summed E-state index contributed by atoms with van der Waals surface area (Å²) < 4.78 is 9.89. The summed E-state index contributed by atoms with van der Waals surface area (Å²) in [6.45, 7) is 5.22. The molecule has 0 spiro atoms. The normalized spacial score (nSPS) is 9.08. The third kappa shape index (κ3) is 14.8. The zero-order chi connectivity index (χ0) is 9.23. The molecular weight excluding hydrogens is 163 g/mol. The average Bonchev–Trinajstić information content (AvgIpc) is 2.02. The van der Waals surface area contributed by atoms with Gasteiger partial charge >= 0.3 is 5.97 Å². The summed E-state index contributed by atoms with van der Waals surface area (Å²) >= 11 is 0. The number of carbonyl (C=O) groups is 1. The molecule has 0 fully saturated rings. The molecule has 0 atom stereocenters. The fourth-order valence-electron chi connectivity index (χ4n) is 0.801. The van der Waals surface area contributed by atoms with E-state index in [1.54, 1.807) is 0 Å². The Labute approximate surface area is 92.3 Å². The summed E-state index contributed by atoms with van der Waals surface area (Å²) in [5.74, 6) is -0.243. The maximum Gasteiger partial charge on any atom is 0.302 e. The molecule has 73 valence electrons. The van der Waals surface area contributed by atoms with E-state index in [9.17, 15) is 4.79 Å². The van der Waals surface area contributed by atoms with Gasteiger partial charge < -0.3 is 9.47 Å². The Morgan fingerprint density at radius 3 is 2.38 bits per heavy atom. The second kappa shape index (κ2) is 12.0. The molecule has 0 unspecified atom stereocenters. The largest absolute Gasteiger partial charge is 0.463 e. The third-order valence-electron chi connectivity index (χ3n) is 1.43. The molecule has 0 aliphatic carbocycles. The number of hydrogen-bond acceptors (Lipinski definition) is 3. The van der Waals surface area contributed by atoms with Crippen LogP contribution in [0.25, 0.3) is 0 Å². The van der Waals surface area contributed by atoms with Crippen LogP contribution >= 0.6 is 0 Å². The first-order chi connectivity index (χ1) is 5.77. The number of esters is 1. The van der Waals surface area contributed by atoms with Crippen LogP contribution in [0.4, 0.5) is 0 Å².